The first-order valence-electron chi connectivity index (χ1n) is 7.44. The van der Waals surface area contributed by atoms with Crippen LogP contribution in [0.2, 0.25) is 0 Å². The Morgan fingerprint density at radius 1 is 1.15 bits per heavy atom. The summed E-state index contributed by atoms with van der Waals surface area (Å²) in [7, 11) is 0. The predicted molar refractivity (Wildman–Crippen MR) is 83.5 cm³/mol. The lowest BCUT2D eigenvalue weighted by molar-refractivity contribution is 0.268. The second-order valence-electron chi connectivity index (χ2n) is 6.89. The number of benzene rings is 1. The molecule has 0 aromatic heterocycles. The summed E-state index contributed by atoms with van der Waals surface area (Å²) in [6.07, 6.45) is 1.07. The molecule has 2 heterocycles. The molecule has 0 aliphatic carbocycles. The molecule has 3 rings (SSSR count). The maximum atomic E-state index is 5.95. The number of hydrogen-bond acceptors (Lipinski definition) is 3. The van der Waals surface area contributed by atoms with Crippen LogP contribution in [0.15, 0.2) is 35.3 Å². The monoisotopic (exact) mass is 272 g/mol. The third-order valence-corrected chi connectivity index (χ3v) is 5.03. The van der Waals surface area contributed by atoms with Crippen molar-refractivity contribution in [1.29, 1.82) is 0 Å². The summed E-state index contributed by atoms with van der Waals surface area (Å²) < 4.78 is 5.95. The third-order valence-electron chi connectivity index (χ3n) is 5.03. The SMILES string of the molecule is CC[C@]1(C)N(c2ccccc2)[C@]1(C)C1=NC(C)(C)CO1. The van der Waals surface area contributed by atoms with Gasteiger partial charge in [0.25, 0.3) is 0 Å². The van der Waals surface area contributed by atoms with E-state index < -0.39 is 0 Å². The third kappa shape index (κ3) is 1.62. The average molecular weight is 272 g/mol. The van der Waals surface area contributed by atoms with Crippen molar-refractivity contribution in [3.05, 3.63) is 30.3 Å². The van der Waals surface area contributed by atoms with Gasteiger partial charge in [0.2, 0.25) is 5.90 Å². The second kappa shape index (κ2) is 4.00. The first-order valence-corrected chi connectivity index (χ1v) is 7.44. The molecule has 1 aromatic carbocycles. The molecule has 2 atom stereocenters. The second-order valence-corrected chi connectivity index (χ2v) is 6.89. The minimum Gasteiger partial charge on any atom is -0.477 e. The quantitative estimate of drug-likeness (QED) is 0.785. The Morgan fingerprint density at radius 2 is 1.80 bits per heavy atom. The molecule has 0 N–H and O–H groups in total. The van der Waals surface area contributed by atoms with E-state index in [4.69, 9.17) is 9.73 Å². The molecule has 0 spiro atoms. The molecule has 108 valence electrons. The molecule has 3 nitrogen and oxygen atoms in total. The summed E-state index contributed by atoms with van der Waals surface area (Å²) in [5.41, 5.74) is 1.10. The van der Waals surface area contributed by atoms with E-state index in [1.54, 1.807) is 0 Å². The van der Waals surface area contributed by atoms with Gasteiger partial charge in [-0.3, -0.25) is 0 Å². The molecule has 1 aromatic rings. The molecule has 2 aliphatic heterocycles. The van der Waals surface area contributed by atoms with Gasteiger partial charge in [-0.15, -0.1) is 0 Å². The van der Waals surface area contributed by atoms with Crippen LogP contribution in [-0.4, -0.2) is 29.1 Å². The number of anilines is 1. The summed E-state index contributed by atoms with van der Waals surface area (Å²) in [6, 6.07) is 10.6. The van der Waals surface area contributed by atoms with Gasteiger partial charge in [-0.1, -0.05) is 25.1 Å². The molecule has 2 aliphatic rings. The number of ether oxygens (including phenoxy) is 1. The van der Waals surface area contributed by atoms with Crippen LogP contribution in [0.1, 0.15) is 41.0 Å². The Kier molecular flexibility index (Phi) is 2.69. The summed E-state index contributed by atoms with van der Waals surface area (Å²) in [5, 5.41) is 0. The van der Waals surface area contributed by atoms with Gasteiger partial charge in [-0.2, -0.15) is 0 Å². The molecule has 0 saturated carbocycles. The van der Waals surface area contributed by atoms with Gasteiger partial charge in [-0.05, 0) is 46.2 Å². The van der Waals surface area contributed by atoms with Crippen LogP contribution in [0.3, 0.4) is 0 Å². The van der Waals surface area contributed by atoms with Crippen LogP contribution in [-0.2, 0) is 4.74 Å². The van der Waals surface area contributed by atoms with Crippen LogP contribution in [0.5, 0.6) is 0 Å². The molecular formula is C17H24N2O. The van der Waals surface area contributed by atoms with Crippen LogP contribution < -0.4 is 4.90 Å². The highest BCUT2D eigenvalue weighted by Crippen LogP contribution is 2.57. The molecule has 0 bridgehead atoms. The molecule has 0 radical (unpaired) electrons. The Balaban J connectivity index is 2.01. The summed E-state index contributed by atoms with van der Waals surface area (Å²) >= 11 is 0. The van der Waals surface area contributed by atoms with Crippen LogP contribution >= 0.6 is 0 Å². The number of nitrogens with zero attached hydrogens (tertiary/aromatic N) is 2. The fraction of sp³-hybridized carbons (Fsp3) is 0.588. The number of aliphatic imine (C=N–C) groups is 1. The summed E-state index contributed by atoms with van der Waals surface area (Å²) in [4.78, 5) is 7.27. The fourth-order valence-corrected chi connectivity index (χ4v) is 3.45. The zero-order chi connectivity index (χ0) is 14.6. The van der Waals surface area contributed by atoms with Crippen LogP contribution in [0, 0.1) is 0 Å². The van der Waals surface area contributed by atoms with Gasteiger partial charge in [-0.25, -0.2) is 4.99 Å². The number of hydrogen-bond donors (Lipinski definition) is 0. The molecule has 1 saturated heterocycles. The van der Waals surface area contributed by atoms with E-state index in [9.17, 15) is 0 Å². The normalized spacial score (nSPS) is 34.6. The van der Waals surface area contributed by atoms with Crippen LogP contribution in [0.4, 0.5) is 5.69 Å². The zero-order valence-corrected chi connectivity index (χ0v) is 13.1. The van der Waals surface area contributed by atoms with Gasteiger partial charge in [0.1, 0.15) is 12.1 Å². The van der Waals surface area contributed by atoms with E-state index in [1.165, 1.54) is 5.69 Å². The summed E-state index contributed by atoms with van der Waals surface area (Å²) in [5.74, 6) is 0.899. The van der Waals surface area contributed by atoms with Crippen molar-refractivity contribution in [2.75, 3.05) is 11.5 Å². The maximum absolute atomic E-state index is 5.95. The topological polar surface area (TPSA) is 24.6 Å². The lowest BCUT2D eigenvalue weighted by atomic mass is 9.93. The van der Waals surface area contributed by atoms with Crippen molar-refractivity contribution in [1.82, 2.24) is 0 Å². The lowest BCUT2D eigenvalue weighted by Gasteiger charge is -2.12. The van der Waals surface area contributed by atoms with Gasteiger partial charge < -0.3 is 9.64 Å². The zero-order valence-electron chi connectivity index (χ0n) is 13.1. The average Bonchev–Trinajstić information content (AvgIpc) is 2.72. The van der Waals surface area contributed by atoms with Crippen molar-refractivity contribution in [3.8, 4) is 0 Å². The minimum atomic E-state index is -0.128. The Labute approximate surface area is 121 Å². The van der Waals surface area contributed by atoms with E-state index >= 15 is 0 Å². The Hall–Kier alpha value is -1.51. The first kappa shape index (κ1) is 13.5. The van der Waals surface area contributed by atoms with E-state index in [2.05, 4.69) is 69.9 Å². The van der Waals surface area contributed by atoms with E-state index in [-0.39, 0.29) is 16.6 Å². The van der Waals surface area contributed by atoms with Crippen molar-refractivity contribution >= 4 is 11.6 Å². The largest absolute Gasteiger partial charge is 0.477 e. The minimum absolute atomic E-state index is 0.0770. The highest BCUT2D eigenvalue weighted by atomic mass is 16.5. The van der Waals surface area contributed by atoms with E-state index in [0.717, 1.165) is 12.3 Å². The van der Waals surface area contributed by atoms with Crippen molar-refractivity contribution < 1.29 is 4.74 Å². The van der Waals surface area contributed by atoms with Crippen LogP contribution in [0.25, 0.3) is 0 Å². The van der Waals surface area contributed by atoms with Gasteiger partial charge in [0, 0.05) is 5.69 Å². The van der Waals surface area contributed by atoms with Gasteiger partial charge >= 0.3 is 0 Å². The van der Waals surface area contributed by atoms with E-state index in [1.807, 2.05) is 0 Å². The van der Waals surface area contributed by atoms with Crippen molar-refractivity contribution in [2.45, 2.75) is 57.7 Å². The first-order chi connectivity index (χ1) is 9.35. The lowest BCUT2D eigenvalue weighted by Crippen LogP contribution is -2.30. The molecule has 0 unspecified atom stereocenters. The van der Waals surface area contributed by atoms with E-state index in [0.29, 0.717) is 6.61 Å². The van der Waals surface area contributed by atoms with Gasteiger partial charge in [0.15, 0.2) is 0 Å². The van der Waals surface area contributed by atoms with Gasteiger partial charge in [0.05, 0.1) is 11.1 Å². The van der Waals surface area contributed by atoms with Crippen molar-refractivity contribution in [2.24, 2.45) is 4.99 Å². The molecule has 3 heteroatoms. The maximum Gasteiger partial charge on any atom is 0.212 e. The predicted octanol–water partition coefficient (Wildman–Crippen LogP) is 3.64. The Bertz CT molecular complexity index is 551. The standard InChI is InChI=1S/C17H24N2O/c1-6-16(4)17(5,14-18-15(2,3)12-20-14)19(16)13-10-8-7-9-11-13/h7-11H,6,12H2,1-5H3/t16-,17+,19?/m0/s1. The smallest absolute Gasteiger partial charge is 0.212 e. The number of rotatable bonds is 3. The van der Waals surface area contributed by atoms with Crippen molar-refractivity contribution in [3.63, 3.8) is 0 Å². The summed E-state index contributed by atoms with van der Waals surface area (Å²) in [6.45, 7) is 11.7. The highest BCUT2D eigenvalue weighted by molar-refractivity contribution is 6.00. The number of para-hydroxylation sites is 1. The molecule has 20 heavy (non-hydrogen) atoms. The fourth-order valence-electron chi connectivity index (χ4n) is 3.45. The molecule has 1 fully saturated rings. The molecular weight excluding hydrogens is 248 g/mol. The molecule has 0 amide bonds. The highest BCUT2D eigenvalue weighted by Gasteiger charge is 2.73. The Morgan fingerprint density at radius 3 is 2.30 bits per heavy atom.